The quantitative estimate of drug-likeness (QED) is 0.761. The second kappa shape index (κ2) is 6.11. The first kappa shape index (κ1) is 14.5. The summed E-state index contributed by atoms with van der Waals surface area (Å²) < 4.78 is 16.1. The minimum absolute atomic E-state index is 0.244. The highest BCUT2D eigenvalue weighted by molar-refractivity contribution is 5.27. The molecule has 0 fully saturated rings. The van der Waals surface area contributed by atoms with Crippen molar-refractivity contribution in [1.29, 1.82) is 0 Å². The summed E-state index contributed by atoms with van der Waals surface area (Å²) in [7, 11) is 1.90. The monoisotopic (exact) mass is 299 g/mol. The number of aryl methyl sites for hydroxylation is 2. The van der Waals surface area contributed by atoms with Gasteiger partial charge in [-0.15, -0.1) is 0 Å². The van der Waals surface area contributed by atoms with Crippen molar-refractivity contribution in [2.75, 3.05) is 0 Å². The van der Waals surface area contributed by atoms with Gasteiger partial charge < -0.3 is 4.57 Å². The van der Waals surface area contributed by atoms with Crippen molar-refractivity contribution in [1.82, 2.24) is 25.1 Å². The second-order valence-corrected chi connectivity index (χ2v) is 5.25. The number of halogens is 1. The molecule has 0 aliphatic heterocycles. The molecule has 0 saturated heterocycles. The Kier molecular flexibility index (Phi) is 4.02. The van der Waals surface area contributed by atoms with Crippen LogP contribution in [0.2, 0.25) is 0 Å². The van der Waals surface area contributed by atoms with Crippen molar-refractivity contribution in [3.63, 3.8) is 0 Å². The number of benzene rings is 1. The topological polar surface area (TPSA) is 58.5 Å². The SMILES string of the molecule is Cc1[nH]ncc1CNC(c1ccccc1F)c1nccn1C. The highest BCUT2D eigenvalue weighted by Gasteiger charge is 2.21. The van der Waals surface area contributed by atoms with E-state index in [4.69, 9.17) is 0 Å². The van der Waals surface area contributed by atoms with E-state index in [1.807, 2.05) is 30.8 Å². The van der Waals surface area contributed by atoms with E-state index in [9.17, 15) is 4.39 Å². The molecule has 2 heterocycles. The highest BCUT2D eigenvalue weighted by Crippen LogP contribution is 2.23. The van der Waals surface area contributed by atoms with E-state index in [0.717, 1.165) is 17.1 Å². The molecule has 2 N–H and O–H groups in total. The van der Waals surface area contributed by atoms with Gasteiger partial charge in [-0.25, -0.2) is 9.37 Å². The second-order valence-electron chi connectivity index (χ2n) is 5.25. The fraction of sp³-hybridized carbons (Fsp3) is 0.250. The van der Waals surface area contributed by atoms with Gasteiger partial charge in [0.2, 0.25) is 0 Å². The van der Waals surface area contributed by atoms with Crippen LogP contribution in [0.1, 0.15) is 28.7 Å². The van der Waals surface area contributed by atoms with E-state index in [1.165, 1.54) is 6.07 Å². The molecule has 0 amide bonds. The van der Waals surface area contributed by atoms with Crippen molar-refractivity contribution >= 4 is 0 Å². The van der Waals surface area contributed by atoms with Crippen molar-refractivity contribution in [2.45, 2.75) is 19.5 Å². The van der Waals surface area contributed by atoms with E-state index in [-0.39, 0.29) is 11.9 Å². The fourth-order valence-corrected chi connectivity index (χ4v) is 2.47. The molecule has 0 aliphatic rings. The number of rotatable bonds is 5. The van der Waals surface area contributed by atoms with Crippen molar-refractivity contribution in [2.24, 2.45) is 7.05 Å². The lowest BCUT2D eigenvalue weighted by molar-refractivity contribution is 0.520. The number of aromatic nitrogens is 4. The summed E-state index contributed by atoms with van der Waals surface area (Å²) in [4.78, 5) is 4.37. The Morgan fingerprint density at radius 3 is 2.82 bits per heavy atom. The maximum atomic E-state index is 14.2. The molecular formula is C16H18FN5. The zero-order valence-corrected chi connectivity index (χ0v) is 12.5. The van der Waals surface area contributed by atoms with Crippen LogP contribution < -0.4 is 5.32 Å². The molecule has 2 aromatic heterocycles. The molecule has 0 spiro atoms. The van der Waals surface area contributed by atoms with Gasteiger partial charge in [0.1, 0.15) is 11.6 Å². The van der Waals surface area contributed by atoms with Crippen LogP contribution in [0.25, 0.3) is 0 Å². The lowest BCUT2D eigenvalue weighted by Gasteiger charge is -2.19. The number of aromatic amines is 1. The molecule has 5 nitrogen and oxygen atoms in total. The van der Waals surface area contributed by atoms with Crippen LogP contribution in [0.15, 0.2) is 42.9 Å². The molecule has 114 valence electrons. The van der Waals surface area contributed by atoms with Gasteiger partial charge in [-0.05, 0) is 13.0 Å². The first-order valence-electron chi connectivity index (χ1n) is 7.10. The predicted molar refractivity (Wildman–Crippen MR) is 81.6 cm³/mol. The molecule has 0 aliphatic carbocycles. The van der Waals surface area contributed by atoms with Gasteiger partial charge in [0, 0.05) is 42.8 Å². The summed E-state index contributed by atoms with van der Waals surface area (Å²) in [6, 6.07) is 6.45. The molecule has 1 aromatic carbocycles. The predicted octanol–water partition coefficient (Wildman–Crippen LogP) is 2.47. The van der Waals surface area contributed by atoms with E-state index >= 15 is 0 Å². The average molecular weight is 299 g/mol. The maximum Gasteiger partial charge on any atom is 0.130 e. The zero-order chi connectivity index (χ0) is 15.5. The van der Waals surface area contributed by atoms with Gasteiger partial charge in [0.05, 0.1) is 12.2 Å². The van der Waals surface area contributed by atoms with Crippen LogP contribution in [-0.2, 0) is 13.6 Å². The summed E-state index contributed by atoms with van der Waals surface area (Å²) in [5.74, 6) is 0.526. The van der Waals surface area contributed by atoms with Crippen LogP contribution >= 0.6 is 0 Å². The number of H-pyrrole nitrogens is 1. The van der Waals surface area contributed by atoms with Gasteiger partial charge in [0.15, 0.2) is 0 Å². The molecular weight excluding hydrogens is 281 g/mol. The lowest BCUT2D eigenvalue weighted by Crippen LogP contribution is -2.25. The van der Waals surface area contributed by atoms with E-state index in [2.05, 4.69) is 20.5 Å². The van der Waals surface area contributed by atoms with E-state index in [1.54, 1.807) is 24.5 Å². The van der Waals surface area contributed by atoms with Crippen LogP contribution in [0.3, 0.4) is 0 Å². The smallest absolute Gasteiger partial charge is 0.130 e. The first-order chi connectivity index (χ1) is 10.7. The first-order valence-corrected chi connectivity index (χ1v) is 7.10. The standard InChI is InChI=1S/C16H18FN5/c1-11-12(10-20-21-11)9-19-15(16-18-7-8-22(16)2)13-5-3-4-6-14(13)17/h3-8,10,15,19H,9H2,1-2H3,(H,20,21). The summed E-state index contributed by atoms with van der Waals surface area (Å²) >= 11 is 0. The number of imidazole rings is 1. The number of nitrogens with zero attached hydrogens (tertiary/aromatic N) is 3. The summed E-state index contributed by atoms with van der Waals surface area (Å²) in [5.41, 5.74) is 2.63. The molecule has 3 aromatic rings. The normalized spacial score (nSPS) is 12.5. The Balaban J connectivity index is 1.92. The fourth-order valence-electron chi connectivity index (χ4n) is 2.47. The minimum atomic E-state index is -0.324. The highest BCUT2D eigenvalue weighted by atomic mass is 19.1. The van der Waals surface area contributed by atoms with Crippen LogP contribution in [0, 0.1) is 12.7 Å². The number of hydrogen-bond donors (Lipinski definition) is 2. The van der Waals surface area contributed by atoms with Gasteiger partial charge in [-0.1, -0.05) is 18.2 Å². The van der Waals surface area contributed by atoms with Crippen molar-refractivity contribution in [3.8, 4) is 0 Å². The Hall–Kier alpha value is -2.47. The Morgan fingerprint density at radius 2 is 2.18 bits per heavy atom. The van der Waals surface area contributed by atoms with Gasteiger partial charge in [0.25, 0.3) is 0 Å². The number of nitrogens with one attached hydrogen (secondary N) is 2. The zero-order valence-electron chi connectivity index (χ0n) is 12.5. The molecule has 1 unspecified atom stereocenters. The average Bonchev–Trinajstić information content (AvgIpc) is 3.10. The summed E-state index contributed by atoms with van der Waals surface area (Å²) in [5, 5.41) is 10.3. The van der Waals surface area contributed by atoms with Gasteiger partial charge in [-0.2, -0.15) is 5.10 Å². The molecule has 0 bridgehead atoms. The van der Waals surface area contributed by atoms with Crippen LogP contribution in [-0.4, -0.2) is 19.7 Å². The third-order valence-electron chi connectivity index (χ3n) is 3.76. The molecule has 6 heteroatoms. The van der Waals surface area contributed by atoms with Crippen LogP contribution in [0.5, 0.6) is 0 Å². The van der Waals surface area contributed by atoms with E-state index in [0.29, 0.717) is 12.1 Å². The van der Waals surface area contributed by atoms with Gasteiger partial charge in [-0.3, -0.25) is 10.4 Å². The van der Waals surface area contributed by atoms with E-state index < -0.39 is 0 Å². The van der Waals surface area contributed by atoms with Crippen molar-refractivity contribution < 1.29 is 4.39 Å². The number of hydrogen-bond acceptors (Lipinski definition) is 3. The molecule has 1 atom stereocenters. The van der Waals surface area contributed by atoms with Crippen molar-refractivity contribution in [3.05, 3.63) is 71.3 Å². The minimum Gasteiger partial charge on any atom is -0.336 e. The lowest BCUT2D eigenvalue weighted by atomic mass is 10.0. The Labute approximate surface area is 128 Å². The molecule has 0 saturated carbocycles. The summed E-state index contributed by atoms with van der Waals surface area (Å²) in [6.07, 6.45) is 5.35. The third kappa shape index (κ3) is 2.78. The Bertz CT molecular complexity index is 761. The Morgan fingerprint density at radius 1 is 1.36 bits per heavy atom. The van der Waals surface area contributed by atoms with Gasteiger partial charge >= 0.3 is 0 Å². The third-order valence-corrected chi connectivity index (χ3v) is 3.76. The largest absolute Gasteiger partial charge is 0.336 e. The summed E-state index contributed by atoms with van der Waals surface area (Å²) in [6.45, 7) is 2.54. The molecule has 3 rings (SSSR count). The maximum absolute atomic E-state index is 14.2. The van der Waals surface area contributed by atoms with Crippen LogP contribution in [0.4, 0.5) is 4.39 Å². The molecule has 22 heavy (non-hydrogen) atoms. The molecule has 0 radical (unpaired) electrons.